The maximum Gasteiger partial charge on any atom is 0.218 e. The molecule has 4 rings (SSSR count). The lowest BCUT2D eigenvalue weighted by Gasteiger charge is -2.03. The number of nitrogens with zero attached hydrogens (tertiary/aromatic N) is 1. The fourth-order valence-corrected chi connectivity index (χ4v) is 2.71. The highest BCUT2D eigenvalue weighted by Gasteiger charge is 2.24. The first kappa shape index (κ1) is 8.94. The van der Waals surface area contributed by atoms with Crippen LogP contribution in [0.15, 0.2) is 48.6 Å². The van der Waals surface area contributed by atoms with Crippen molar-refractivity contribution >= 4 is 12.2 Å². The van der Waals surface area contributed by atoms with Crippen molar-refractivity contribution < 1.29 is 4.57 Å². The molecule has 0 atom stereocenters. The van der Waals surface area contributed by atoms with Gasteiger partial charge in [-0.05, 0) is 18.2 Å². The zero-order valence-electron chi connectivity index (χ0n) is 9.43. The molecular formula is C16H12N+. The lowest BCUT2D eigenvalue weighted by Crippen LogP contribution is -2.52. The molecule has 0 saturated heterocycles. The zero-order chi connectivity index (χ0) is 11.2. The smallest absolute Gasteiger partial charge is 0.156 e. The summed E-state index contributed by atoms with van der Waals surface area (Å²) in [5.74, 6) is 0. The summed E-state index contributed by atoms with van der Waals surface area (Å²) in [6.07, 6.45) is 9.82. The van der Waals surface area contributed by atoms with Crippen molar-refractivity contribution in [2.45, 2.75) is 6.42 Å². The minimum atomic E-state index is 1.02. The van der Waals surface area contributed by atoms with E-state index >= 15 is 0 Å². The average molecular weight is 218 g/mol. The quantitative estimate of drug-likeness (QED) is 0.496. The normalized spacial score (nSPS) is 14.4. The lowest BCUT2D eigenvalue weighted by molar-refractivity contribution is -0.615. The molecule has 1 nitrogen and oxygen atoms in total. The molecule has 1 aliphatic heterocycles. The van der Waals surface area contributed by atoms with Crippen LogP contribution in [0.3, 0.4) is 0 Å². The number of benzene rings is 1. The van der Waals surface area contributed by atoms with E-state index in [1.165, 1.54) is 27.5 Å². The molecule has 17 heavy (non-hydrogen) atoms. The minimum Gasteiger partial charge on any atom is -0.156 e. The van der Waals surface area contributed by atoms with Gasteiger partial charge in [-0.25, -0.2) is 0 Å². The minimum absolute atomic E-state index is 1.02. The summed E-state index contributed by atoms with van der Waals surface area (Å²) >= 11 is 0. The Hall–Kier alpha value is -2.15. The molecule has 2 aromatic rings. The molecule has 1 heteroatoms. The Morgan fingerprint density at radius 2 is 1.94 bits per heavy atom. The van der Waals surface area contributed by atoms with E-state index in [-0.39, 0.29) is 0 Å². The van der Waals surface area contributed by atoms with Gasteiger partial charge < -0.3 is 0 Å². The van der Waals surface area contributed by atoms with E-state index in [4.69, 9.17) is 0 Å². The molecular weight excluding hydrogens is 206 g/mol. The molecule has 0 unspecified atom stereocenters. The molecule has 0 N–H and O–H groups in total. The van der Waals surface area contributed by atoms with Crippen LogP contribution in [0.2, 0.25) is 0 Å². The molecule has 0 saturated carbocycles. The molecule has 1 aromatic carbocycles. The largest absolute Gasteiger partial charge is 0.218 e. The van der Waals surface area contributed by atoms with Gasteiger partial charge in [0, 0.05) is 23.4 Å². The number of rotatable bonds is 0. The summed E-state index contributed by atoms with van der Waals surface area (Å²) in [5, 5.41) is 2.62. The summed E-state index contributed by atoms with van der Waals surface area (Å²) in [4.78, 5) is 0. The molecule has 1 aliphatic carbocycles. The summed E-state index contributed by atoms with van der Waals surface area (Å²) < 4.78 is 2.38. The molecule has 0 bridgehead atoms. The van der Waals surface area contributed by atoms with Gasteiger partial charge in [0.2, 0.25) is 11.0 Å². The number of hydrogen-bond donors (Lipinski definition) is 0. The standard InChI is InChI=1S/C16H12N/c1-3-7-15-12(5-1)9-10-14-11-13-6-2-4-8-16(13)17(14)15/h1-6,8-11H,7H2/q+1. The first-order valence-corrected chi connectivity index (χ1v) is 5.95. The maximum absolute atomic E-state index is 2.38. The van der Waals surface area contributed by atoms with Gasteiger partial charge >= 0.3 is 0 Å². The summed E-state index contributed by atoms with van der Waals surface area (Å²) in [7, 11) is 0. The maximum atomic E-state index is 2.38. The molecule has 0 amide bonds. The van der Waals surface area contributed by atoms with Crippen molar-refractivity contribution in [3.8, 4) is 5.69 Å². The Morgan fingerprint density at radius 3 is 2.94 bits per heavy atom. The van der Waals surface area contributed by atoms with E-state index in [1.807, 2.05) is 0 Å². The second kappa shape index (κ2) is 3.17. The number of aromatic nitrogens is 1. The second-order valence-corrected chi connectivity index (χ2v) is 4.50. The second-order valence-electron chi connectivity index (χ2n) is 4.50. The lowest BCUT2D eigenvalue weighted by atomic mass is 10.1. The van der Waals surface area contributed by atoms with Crippen LogP contribution in [0.25, 0.3) is 17.8 Å². The van der Waals surface area contributed by atoms with E-state index in [9.17, 15) is 0 Å². The number of hydrogen-bond acceptors (Lipinski definition) is 0. The van der Waals surface area contributed by atoms with Crippen LogP contribution in [0.4, 0.5) is 0 Å². The Bertz CT molecular complexity index is 767. The summed E-state index contributed by atoms with van der Waals surface area (Å²) in [5.41, 5.74) is 4.02. The molecule has 0 radical (unpaired) electrons. The Morgan fingerprint density at radius 1 is 1.00 bits per heavy atom. The van der Waals surface area contributed by atoms with Crippen LogP contribution in [0.1, 0.15) is 11.3 Å². The van der Waals surface area contributed by atoms with E-state index in [0.717, 1.165) is 6.42 Å². The number of fused-ring (bicyclic) bond motifs is 5. The third-order valence-corrected chi connectivity index (χ3v) is 3.50. The van der Waals surface area contributed by atoms with Crippen LogP contribution in [0.5, 0.6) is 0 Å². The first-order chi connectivity index (χ1) is 8.43. The van der Waals surface area contributed by atoms with E-state index in [0.29, 0.717) is 0 Å². The highest BCUT2D eigenvalue weighted by Crippen LogP contribution is 2.12. The third-order valence-electron chi connectivity index (χ3n) is 3.50. The fourth-order valence-electron chi connectivity index (χ4n) is 2.71. The van der Waals surface area contributed by atoms with Crippen LogP contribution in [-0.4, -0.2) is 0 Å². The predicted octanol–water partition coefficient (Wildman–Crippen LogP) is 0.998. The van der Waals surface area contributed by atoms with Gasteiger partial charge in [0.15, 0.2) is 5.69 Å². The molecule has 0 fully saturated rings. The van der Waals surface area contributed by atoms with E-state index in [2.05, 4.69) is 65.3 Å². The van der Waals surface area contributed by atoms with Crippen LogP contribution in [0, 0.1) is 0 Å². The first-order valence-electron chi connectivity index (χ1n) is 5.95. The highest BCUT2D eigenvalue weighted by atomic mass is 15.0. The van der Waals surface area contributed by atoms with Crippen molar-refractivity contribution in [1.82, 2.24) is 0 Å². The topological polar surface area (TPSA) is 3.88 Å². The van der Waals surface area contributed by atoms with E-state index < -0.39 is 0 Å². The van der Waals surface area contributed by atoms with Gasteiger partial charge in [-0.3, -0.25) is 0 Å². The number of allylic oxidation sites excluding steroid dienone is 2. The molecule has 2 heterocycles. The van der Waals surface area contributed by atoms with Crippen LogP contribution >= 0.6 is 0 Å². The van der Waals surface area contributed by atoms with Crippen molar-refractivity contribution in [2.75, 3.05) is 0 Å². The van der Waals surface area contributed by atoms with Crippen molar-refractivity contribution in [3.05, 3.63) is 70.4 Å². The van der Waals surface area contributed by atoms with Gasteiger partial charge in [-0.15, -0.1) is 0 Å². The van der Waals surface area contributed by atoms with Crippen LogP contribution in [-0.2, 0) is 6.42 Å². The monoisotopic (exact) mass is 218 g/mol. The highest BCUT2D eigenvalue weighted by molar-refractivity contribution is 5.59. The van der Waals surface area contributed by atoms with Gasteiger partial charge in [-0.1, -0.05) is 24.3 Å². The zero-order valence-corrected chi connectivity index (χ0v) is 9.43. The van der Waals surface area contributed by atoms with E-state index in [1.54, 1.807) is 0 Å². The average Bonchev–Trinajstić information content (AvgIpc) is 2.77. The molecule has 80 valence electrons. The third kappa shape index (κ3) is 1.17. The Labute approximate surface area is 99.7 Å². The Balaban J connectivity index is 2.16. The van der Waals surface area contributed by atoms with Crippen molar-refractivity contribution in [2.24, 2.45) is 0 Å². The van der Waals surface area contributed by atoms with Crippen molar-refractivity contribution in [3.63, 3.8) is 0 Å². The number of pyridine rings is 1. The van der Waals surface area contributed by atoms with Gasteiger partial charge in [-0.2, -0.15) is 4.57 Å². The van der Waals surface area contributed by atoms with Gasteiger partial charge in [0.05, 0.1) is 12.0 Å². The fraction of sp³-hybridized carbons (Fsp3) is 0.0625. The Kier molecular flexibility index (Phi) is 1.67. The molecule has 0 spiro atoms. The SMILES string of the molecule is C1=CCc2c(ccc3[n+]2-c2ccccc2C=3)=C1. The molecule has 1 aromatic heterocycles. The summed E-state index contributed by atoms with van der Waals surface area (Å²) in [6, 6.07) is 13.0. The molecule has 2 aliphatic rings. The van der Waals surface area contributed by atoms with Crippen molar-refractivity contribution in [1.29, 1.82) is 0 Å². The van der Waals surface area contributed by atoms with Gasteiger partial charge in [0.25, 0.3) is 0 Å². The summed E-state index contributed by atoms with van der Waals surface area (Å²) in [6.45, 7) is 0. The predicted molar refractivity (Wildman–Crippen MR) is 68.1 cm³/mol. The van der Waals surface area contributed by atoms with Gasteiger partial charge in [0.1, 0.15) is 0 Å². The van der Waals surface area contributed by atoms with Crippen LogP contribution < -0.4 is 15.1 Å². The number of para-hydroxylation sites is 1.